The Hall–Kier alpha value is -2.05. The molecule has 21 heavy (non-hydrogen) atoms. The van der Waals surface area contributed by atoms with E-state index >= 15 is 0 Å². The van der Waals surface area contributed by atoms with Crippen LogP contribution in [-0.2, 0) is 25.7 Å². The van der Waals surface area contributed by atoms with Gasteiger partial charge in [0.25, 0.3) is 0 Å². The zero-order valence-corrected chi connectivity index (χ0v) is 11.5. The molecule has 7 heteroatoms. The number of rotatable bonds is 7. The third-order valence-electron chi connectivity index (χ3n) is 2.55. The maximum Gasteiger partial charge on any atom is 0.306 e. The number of benzene rings is 1. The fourth-order valence-corrected chi connectivity index (χ4v) is 1.52. The molecule has 0 amide bonds. The summed E-state index contributed by atoms with van der Waals surface area (Å²) >= 11 is 0. The molecule has 1 aromatic carbocycles. The Morgan fingerprint density at radius 3 is 2.14 bits per heavy atom. The first kappa shape index (κ1) is 17.0. The fourth-order valence-electron chi connectivity index (χ4n) is 1.52. The minimum absolute atomic E-state index is 0.0515. The van der Waals surface area contributed by atoms with Crippen molar-refractivity contribution in [3.8, 4) is 0 Å². The first-order valence-corrected chi connectivity index (χ1v) is 6.38. The summed E-state index contributed by atoms with van der Waals surface area (Å²) in [6.45, 7) is 1.43. The smallest absolute Gasteiger partial charge is 0.306 e. The Morgan fingerprint density at radius 1 is 0.952 bits per heavy atom. The van der Waals surface area contributed by atoms with Crippen LogP contribution in [0.3, 0.4) is 0 Å². The summed E-state index contributed by atoms with van der Waals surface area (Å²) in [5.74, 6) is -4.60. The zero-order chi connectivity index (χ0) is 15.8. The molecule has 1 aromatic rings. The van der Waals surface area contributed by atoms with E-state index in [2.05, 4.69) is 4.74 Å². The van der Waals surface area contributed by atoms with Crippen molar-refractivity contribution in [1.29, 1.82) is 0 Å². The molecule has 0 radical (unpaired) electrons. The van der Waals surface area contributed by atoms with Crippen molar-refractivity contribution in [2.24, 2.45) is 0 Å². The molecule has 0 aromatic heterocycles. The monoisotopic (exact) mass is 304 g/mol. The minimum Gasteiger partial charge on any atom is -0.466 e. The number of hydrogen-bond acceptors (Lipinski definition) is 4. The van der Waals surface area contributed by atoms with Gasteiger partial charge in [-0.1, -0.05) is 0 Å². The van der Waals surface area contributed by atoms with E-state index in [0.29, 0.717) is 12.1 Å². The van der Waals surface area contributed by atoms with Gasteiger partial charge in [-0.05, 0) is 19.4 Å². The lowest BCUT2D eigenvalue weighted by Crippen LogP contribution is -2.08. The van der Waals surface area contributed by atoms with Gasteiger partial charge in [0.1, 0.15) is 12.4 Å². The number of halogens is 3. The van der Waals surface area contributed by atoms with Crippen LogP contribution in [-0.4, -0.2) is 18.5 Å². The first-order chi connectivity index (χ1) is 9.93. The Morgan fingerprint density at radius 2 is 1.52 bits per heavy atom. The molecule has 0 fully saturated rings. The number of esters is 2. The number of carbonyl (C=O) groups is 2. The summed E-state index contributed by atoms with van der Waals surface area (Å²) in [5.41, 5.74) is -0.257. The zero-order valence-electron chi connectivity index (χ0n) is 11.5. The third-order valence-corrected chi connectivity index (χ3v) is 2.55. The average molecular weight is 304 g/mol. The summed E-state index contributed by atoms with van der Waals surface area (Å²) in [6, 6.07) is 1.02. The van der Waals surface area contributed by atoms with E-state index in [0.717, 1.165) is 0 Å². The molecule has 0 aliphatic carbocycles. The SMILES string of the molecule is CCOC(=O)CCCC(=O)OCc1cc(F)c(F)cc1F. The molecular formula is C14H15F3O4. The van der Waals surface area contributed by atoms with E-state index in [9.17, 15) is 22.8 Å². The normalized spacial score (nSPS) is 10.3. The molecule has 1 rings (SSSR count). The second-order valence-electron chi connectivity index (χ2n) is 4.18. The fraction of sp³-hybridized carbons (Fsp3) is 0.429. The van der Waals surface area contributed by atoms with Gasteiger partial charge >= 0.3 is 11.9 Å². The van der Waals surface area contributed by atoms with Crippen molar-refractivity contribution in [3.05, 3.63) is 35.1 Å². The van der Waals surface area contributed by atoms with Gasteiger partial charge < -0.3 is 9.47 Å². The van der Waals surface area contributed by atoms with Crippen LogP contribution in [0.25, 0.3) is 0 Å². The van der Waals surface area contributed by atoms with Crippen molar-refractivity contribution in [1.82, 2.24) is 0 Å². The number of ether oxygens (including phenoxy) is 2. The van der Waals surface area contributed by atoms with Gasteiger partial charge in [-0.3, -0.25) is 9.59 Å². The Bertz CT molecular complexity index is 517. The van der Waals surface area contributed by atoms with E-state index in [1.54, 1.807) is 6.92 Å². The van der Waals surface area contributed by atoms with Crippen LogP contribution in [0.5, 0.6) is 0 Å². The van der Waals surface area contributed by atoms with Gasteiger partial charge in [0.05, 0.1) is 6.61 Å². The Kier molecular flexibility index (Phi) is 6.71. The summed E-state index contributed by atoms with van der Waals surface area (Å²) in [5, 5.41) is 0. The molecule has 0 spiro atoms. The van der Waals surface area contributed by atoms with Crippen LogP contribution < -0.4 is 0 Å². The van der Waals surface area contributed by atoms with E-state index in [-0.39, 0.29) is 31.4 Å². The van der Waals surface area contributed by atoms with Crippen LogP contribution >= 0.6 is 0 Å². The van der Waals surface area contributed by atoms with Crippen LogP contribution in [0.15, 0.2) is 12.1 Å². The van der Waals surface area contributed by atoms with Gasteiger partial charge in [0.15, 0.2) is 11.6 Å². The van der Waals surface area contributed by atoms with Crippen LogP contribution in [0.1, 0.15) is 31.7 Å². The summed E-state index contributed by atoms with van der Waals surface area (Å²) < 4.78 is 48.3. The highest BCUT2D eigenvalue weighted by Crippen LogP contribution is 2.15. The molecule has 0 aliphatic rings. The van der Waals surface area contributed by atoms with Gasteiger partial charge in [-0.15, -0.1) is 0 Å². The first-order valence-electron chi connectivity index (χ1n) is 6.38. The molecule has 0 heterocycles. The van der Waals surface area contributed by atoms with Crippen LogP contribution in [0, 0.1) is 17.5 Å². The highest BCUT2D eigenvalue weighted by molar-refractivity contribution is 5.72. The van der Waals surface area contributed by atoms with Gasteiger partial charge in [0.2, 0.25) is 0 Å². The number of carbonyl (C=O) groups excluding carboxylic acids is 2. The number of hydrogen-bond donors (Lipinski definition) is 0. The third kappa shape index (κ3) is 5.85. The van der Waals surface area contributed by atoms with Crippen LogP contribution in [0.4, 0.5) is 13.2 Å². The highest BCUT2D eigenvalue weighted by atomic mass is 19.2. The largest absolute Gasteiger partial charge is 0.466 e. The Balaban J connectivity index is 2.36. The van der Waals surface area contributed by atoms with Crippen LogP contribution in [0.2, 0.25) is 0 Å². The Labute approximate surface area is 119 Å². The highest BCUT2D eigenvalue weighted by Gasteiger charge is 2.12. The molecule has 0 atom stereocenters. The van der Waals surface area contributed by atoms with Crippen molar-refractivity contribution in [2.45, 2.75) is 32.8 Å². The molecule has 4 nitrogen and oxygen atoms in total. The van der Waals surface area contributed by atoms with E-state index in [4.69, 9.17) is 4.74 Å². The van der Waals surface area contributed by atoms with E-state index in [1.807, 2.05) is 0 Å². The van der Waals surface area contributed by atoms with Crippen molar-refractivity contribution >= 4 is 11.9 Å². The second-order valence-corrected chi connectivity index (χ2v) is 4.18. The molecule has 0 aliphatic heterocycles. The average Bonchev–Trinajstić information content (AvgIpc) is 2.41. The molecule has 0 saturated carbocycles. The summed E-state index contributed by atoms with van der Waals surface area (Å²) in [4.78, 5) is 22.4. The maximum absolute atomic E-state index is 13.3. The van der Waals surface area contributed by atoms with Gasteiger partial charge in [0, 0.05) is 24.5 Å². The lowest BCUT2D eigenvalue weighted by atomic mass is 10.2. The maximum atomic E-state index is 13.3. The minimum atomic E-state index is -1.31. The summed E-state index contributed by atoms with van der Waals surface area (Å²) in [6.07, 6.45) is 0.254. The van der Waals surface area contributed by atoms with E-state index in [1.165, 1.54) is 0 Å². The van der Waals surface area contributed by atoms with Crippen molar-refractivity contribution in [2.75, 3.05) is 6.61 Å². The van der Waals surface area contributed by atoms with E-state index < -0.39 is 36.0 Å². The molecule has 0 N–H and O–H groups in total. The molecule has 0 saturated heterocycles. The molecular weight excluding hydrogens is 289 g/mol. The molecule has 0 unspecified atom stereocenters. The standard InChI is InChI=1S/C14H15F3O4/c1-2-20-13(18)4-3-5-14(19)21-8-9-6-11(16)12(17)7-10(9)15/h6-7H,2-5,8H2,1H3. The predicted molar refractivity (Wildman–Crippen MR) is 66.6 cm³/mol. The van der Waals surface area contributed by atoms with Crippen molar-refractivity contribution in [3.63, 3.8) is 0 Å². The lowest BCUT2D eigenvalue weighted by molar-refractivity contribution is -0.146. The quantitative estimate of drug-likeness (QED) is 0.574. The lowest BCUT2D eigenvalue weighted by Gasteiger charge is -2.06. The second kappa shape index (κ2) is 8.28. The van der Waals surface area contributed by atoms with Gasteiger partial charge in [-0.25, -0.2) is 13.2 Å². The topological polar surface area (TPSA) is 52.6 Å². The van der Waals surface area contributed by atoms with Crippen molar-refractivity contribution < 1.29 is 32.2 Å². The predicted octanol–water partition coefficient (Wildman–Crippen LogP) is 2.88. The molecule has 116 valence electrons. The van der Waals surface area contributed by atoms with Gasteiger partial charge in [-0.2, -0.15) is 0 Å². The molecule has 0 bridgehead atoms. The summed E-state index contributed by atoms with van der Waals surface area (Å²) in [7, 11) is 0.